The third kappa shape index (κ3) is 4.22. The molecule has 6 heteroatoms. The number of carbonyl (C=O) groups is 2. The molecular formula is C15H13ClN2O3. The van der Waals surface area contributed by atoms with E-state index in [2.05, 4.69) is 5.32 Å². The lowest BCUT2D eigenvalue weighted by Gasteiger charge is -2.08. The molecule has 2 aromatic rings. The van der Waals surface area contributed by atoms with Crippen molar-refractivity contribution >= 4 is 29.1 Å². The summed E-state index contributed by atoms with van der Waals surface area (Å²) in [6.45, 7) is -0.165. The van der Waals surface area contributed by atoms with Crippen LogP contribution in [0.1, 0.15) is 10.4 Å². The molecular weight excluding hydrogens is 292 g/mol. The van der Waals surface area contributed by atoms with Crippen molar-refractivity contribution in [2.24, 2.45) is 5.73 Å². The Labute approximate surface area is 126 Å². The predicted octanol–water partition coefficient (Wildman–Crippen LogP) is 2.46. The van der Waals surface area contributed by atoms with E-state index in [0.717, 1.165) is 0 Å². The molecule has 21 heavy (non-hydrogen) atoms. The van der Waals surface area contributed by atoms with Gasteiger partial charge in [0.2, 0.25) is 5.91 Å². The number of nitrogens with one attached hydrogen (secondary N) is 1. The number of para-hydroxylation sites is 1. The van der Waals surface area contributed by atoms with Crippen LogP contribution in [-0.2, 0) is 4.79 Å². The van der Waals surface area contributed by atoms with E-state index in [-0.39, 0.29) is 12.5 Å². The average Bonchev–Trinajstić information content (AvgIpc) is 2.47. The van der Waals surface area contributed by atoms with Crippen molar-refractivity contribution in [1.82, 2.24) is 0 Å². The highest BCUT2D eigenvalue weighted by atomic mass is 35.5. The monoisotopic (exact) mass is 304 g/mol. The Balaban J connectivity index is 1.90. The molecule has 0 saturated heterocycles. The highest BCUT2D eigenvalue weighted by molar-refractivity contribution is 6.32. The topological polar surface area (TPSA) is 81.4 Å². The van der Waals surface area contributed by atoms with Crippen molar-refractivity contribution in [1.29, 1.82) is 0 Å². The number of ether oxygens (including phenoxy) is 1. The van der Waals surface area contributed by atoms with Crippen LogP contribution in [-0.4, -0.2) is 18.4 Å². The van der Waals surface area contributed by atoms with Crippen LogP contribution in [0.2, 0.25) is 5.02 Å². The van der Waals surface area contributed by atoms with Gasteiger partial charge in [-0.25, -0.2) is 0 Å². The maximum atomic E-state index is 11.7. The number of hydrogen-bond acceptors (Lipinski definition) is 3. The summed E-state index contributed by atoms with van der Waals surface area (Å²) in [4.78, 5) is 22.7. The highest BCUT2D eigenvalue weighted by Gasteiger charge is 2.06. The van der Waals surface area contributed by atoms with Gasteiger partial charge in [-0.05, 0) is 36.4 Å². The molecule has 2 rings (SSSR count). The number of carbonyl (C=O) groups excluding carboxylic acids is 2. The molecule has 0 saturated carbocycles. The molecule has 0 aromatic heterocycles. The Bertz CT molecular complexity index is 656. The van der Waals surface area contributed by atoms with Crippen LogP contribution in [0.5, 0.6) is 5.75 Å². The van der Waals surface area contributed by atoms with E-state index >= 15 is 0 Å². The van der Waals surface area contributed by atoms with Gasteiger partial charge in [-0.1, -0.05) is 23.7 Å². The van der Waals surface area contributed by atoms with Crippen molar-refractivity contribution in [2.45, 2.75) is 0 Å². The van der Waals surface area contributed by atoms with Crippen molar-refractivity contribution < 1.29 is 14.3 Å². The molecule has 5 nitrogen and oxygen atoms in total. The Morgan fingerprint density at radius 1 is 1.10 bits per heavy atom. The number of hydrogen-bond donors (Lipinski definition) is 2. The minimum atomic E-state index is -0.519. The average molecular weight is 305 g/mol. The molecule has 0 heterocycles. The quantitative estimate of drug-likeness (QED) is 0.890. The summed E-state index contributed by atoms with van der Waals surface area (Å²) in [5.41, 5.74) is 6.06. The Kier molecular flexibility index (Phi) is 4.79. The number of nitrogens with two attached hydrogens (primary N) is 1. The van der Waals surface area contributed by atoms with Crippen LogP contribution < -0.4 is 15.8 Å². The van der Waals surface area contributed by atoms with Crippen LogP contribution >= 0.6 is 11.6 Å². The maximum Gasteiger partial charge on any atom is 0.262 e. The summed E-state index contributed by atoms with van der Waals surface area (Å²) in [6, 6.07) is 13.1. The molecule has 0 spiro atoms. The van der Waals surface area contributed by atoms with Gasteiger partial charge in [-0.15, -0.1) is 0 Å². The van der Waals surface area contributed by atoms with Gasteiger partial charge in [0.05, 0.1) is 5.02 Å². The first kappa shape index (κ1) is 14.9. The molecule has 0 radical (unpaired) electrons. The van der Waals surface area contributed by atoms with E-state index in [1.807, 2.05) is 0 Å². The summed E-state index contributed by atoms with van der Waals surface area (Å²) in [7, 11) is 0. The normalized spacial score (nSPS) is 9.95. The summed E-state index contributed by atoms with van der Waals surface area (Å²) < 4.78 is 5.31. The van der Waals surface area contributed by atoms with E-state index in [1.54, 1.807) is 36.4 Å². The fourth-order valence-electron chi connectivity index (χ4n) is 1.62. The minimum absolute atomic E-state index is 0.165. The van der Waals surface area contributed by atoms with Crippen LogP contribution in [0.4, 0.5) is 5.69 Å². The van der Waals surface area contributed by atoms with Gasteiger partial charge in [-0.2, -0.15) is 0 Å². The molecule has 3 N–H and O–H groups in total. The number of benzene rings is 2. The van der Waals surface area contributed by atoms with E-state index in [4.69, 9.17) is 22.1 Å². The van der Waals surface area contributed by atoms with Crippen LogP contribution in [0.15, 0.2) is 48.5 Å². The molecule has 108 valence electrons. The number of rotatable bonds is 5. The lowest BCUT2D eigenvalue weighted by molar-refractivity contribution is -0.118. The molecule has 2 aromatic carbocycles. The Morgan fingerprint density at radius 2 is 1.76 bits per heavy atom. The summed E-state index contributed by atoms with van der Waals surface area (Å²) in [6.07, 6.45) is 0. The largest absolute Gasteiger partial charge is 0.482 e. The molecule has 0 unspecified atom stereocenters. The third-order valence-corrected chi connectivity index (χ3v) is 2.96. The lowest BCUT2D eigenvalue weighted by Crippen LogP contribution is -2.20. The van der Waals surface area contributed by atoms with E-state index < -0.39 is 5.91 Å². The molecule has 0 bridgehead atoms. The van der Waals surface area contributed by atoms with Crippen molar-refractivity contribution in [3.63, 3.8) is 0 Å². The van der Waals surface area contributed by atoms with E-state index in [9.17, 15) is 9.59 Å². The number of amides is 2. The number of primary amides is 1. The van der Waals surface area contributed by atoms with Crippen LogP contribution in [0.25, 0.3) is 0 Å². The predicted molar refractivity (Wildman–Crippen MR) is 80.5 cm³/mol. The number of anilines is 1. The van der Waals surface area contributed by atoms with Crippen molar-refractivity contribution in [3.05, 3.63) is 59.1 Å². The van der Waals surface area contributed by atoms with Crippen LogP contribution in [0, 0.1) is 0 Å². The second kappa shape index (κ2) is 6.76. The zero-order valence-corrected chi connectivity index (χ0v) is 11.8. The third-order valence-electron chi connectivity index (χ3n) is 2.65. The van der Waals surface area contributed by atoms with Crippen molar-refractivity contribution in [3.8, 4) is 5.75 Å². The van der Waals surface area contributed by atoms with Gasteiger partial charge < -0.3 is 15.8 Å². The van der Waals surface area contributed by atoms with Gasteiger partial charge in [0.1, 0.15) is 5.75 Å². The summed E-state index contributed by atoms with van der Waals surface area (Å²) >= 11 is 5.91. The first-order valence-electron chi connectivity index (χ1n) is 6.13. The Morgan fingerprint density at radius 3 is 2.38 bits per heavy atom. The molecule has 2 amide bonds. The first-order valence-corrected chi connectivity index (χ1v) is 6.51. The smallest absolute Gasteiger partial charge is 0.262 e. The van der Waals surface area contributed by atoms with Gasteiger partial charge in [0.15, 0.2) is 6.61 Å². The van der Waals surface area contributed by atoms with Gasteiger partial charge in [-0.3, -0.25) is 9.59 Å². The maximum absolute atomic E-state index is 11.7. The SMILES string of the molecule is NC(=O)c1ccc(NC(=O)COc2ccccc2Cl)cc1. The van der Waals surface area contributed by atoms with Crippen LogP contribution in [0.3, 0.4) is 0 Å². The molecule has 0 aliphatic heterocycles. The Hall–Kier alpha value is -2.53. The molecule has 0 aliphatic carbocycles. The van der Waals surface area contributed by atoms with Crippen molar-refractivity contribution in [2.75, 3.05) is 11.9 Å². The summed E-state index contributed by atoms with van der Waals surface area (Å²) in [5, 5.41) is 3.08. The zero-order chi connectivity index (χ0) is 15.2. The summed E-state index contributed by atoms with van der Waals surface area (Å²) in [5.74, 6) is -0.407. The molecule has 0 fully saturated rings. The fourth-order valence-corrected chi connectivity index (χ4v) is 1.81. The zero-order valence-electron chi connectivity index (χ0n) is 11.0. The highest BCUT2D eigenvalue weighted by Crippen LogP contribution is 2.22. The van der Waals surface area contributed by atoms with Gasteiger partial charge in [0.25, 0.3) is 5.91 Å². The second-order valence-electron chi connectivity index (χ2n) is 4.21. The fraction of sp³-hybridized carbons (Fsp3) is 0.0667. The first-order chi connectivity index (χ1) is 10.1. The lowest BCUT2D eigenvalue weighted by atomic mass is 10.2. The second-order valence-corrected chi connectivity index (χ2v) is 4.62. The van der Waals surface area contributed by atoms with E-state index in [0.29, 0.717) is 22.0 Å². The van der Waals surface area contributed by atoms with E-state index in [1.165, 1.54) is 12.1 Å². The minimum Gasteiger partial charge on any atom is -0.482 e. The molecule has 0 atom stereocenters. The van der Waals surface area contributed by atoms with Gasteiger partial charge in [0, 0.05) is 11.3 Å². The number of halogens is 1. The molecule has 0 aliphatic rings. The van der Waals surface area contributed by atoms with Gasteiger partial charge >= 0.3 is 0 Å². The standard InChI is InChI=1S/C15H13ClN2O3/c16-12-3-1-2-4-13(12)21-9-14(19)18-11-7-5-10(6-8-11)15(17)20/h1-8H,9H2,(H2,17,20)(H,18,19).